The highest BCUT2D eigenvalue weighted by molar-refractivity contribution is 5.49. The fourth-order valence-corrected chi connectivity index (χ4v) is 5.02. The summed E-state index contributed by atoms with van der Waals surface area (Å²) in [4.78, 5) is 0. The van der Waals surface area contributed by atoms with Crippen molar-refractivity contribution < 1.29 is 20.1 Å². The summed E-state index contributed by atoms with van der Waals surface area (Å²) in [7, 11) is 0. The average molecular weight is 432 g/mol. The third-order valence-electron chi connectivity index (χ3n) is 6.71. The van der Waals surface area contributed by atoms with Crippen molar-refractivity contribution in [3.05, 3.63) is 41.5 Å². The summed E-state index contributed by atoms with van der Waals surface area (Å²) in [6.45, 7) is 4.25. The number of hydrogen-bond donors (Lipinski definition) is 4. The number of unbranched alkanes of at least 4 members (excludes halogenated alkanes) is 3. The monoisotopic (exact) mass is 431 g/mol. The zero-order valence-corrected chi connectivity index (χ0v) is 19.0. The van der Waals surface area contributed by atoms with Gasteiger partial charge in [0, 0.05) is 30.4 Å². The van der Waals surface area contributed by atoms with Gasteiger partial charge < -0.3 is 25.4 Å². The number of aliphatic hydroxyl groups is 3. The Morgan fingerprint density at radius 2 is 2.00 bits per heavy atom. The number of para-hydroxylation sites is 1. The van der Waals surface area contributed by atoms with Gasteiger partial charge in [-0.15, -0.1) is 0 Å². The summed E-state index contributed by atoms with van der Waals surface area (Å²) in [5, 5.41) is 33.1. The van der Waals surface area contributed by atoms with Crippen molar-refractivity contribution >= 4 is 0 Å². The van der Waals surface area contributed by atoms with E-state index in [1.807, 2.05) is 12.2 Å². The van der Waals surface area contributed by atoms with Gasteiger partial charge in [0.2, 0.25) is 0 Å². The van der Waals surface area contributed by atoms with Gasteiger partial charge in [-0.05, 0) is 50.8 Å². The van der Waals surface area contributed by atoms with Crippen molar-refractivity contribution in [1.29, 1.82) is 0 Å². The molecule has 1 aromatic rings. The first-order chi connectivity index (χ1) is 15.2. The summed E-state index contributed by atoms with van der Waals surface area (Å²) in [5.41, 5.74) is 2.48. The first kappa shape index (κ1) is 24.2. The Bertz CT molecular complexity index is 692. The highest BCUT2D eigenvalue weighted by Crippen LogP contribution is 2.52. The van der Waals surface area contributed by atoms with E-state index in [0.717, 1.165) is 70.2 Å². The van der Waals surface area contributed by atoms with Gasteiger partial charge in [-0.1, -0.05) is 56.5 Å². The van der Waals surface area contributed by atoms with E-state index in [1.165, 1.54) is 11.1 Å². The summed E-state index contributed by atoms with van der Waals surface area (Å²) >= 11 is 0. The van der Waals surface area contributed by atoms with Crippen molar-refractivity contribution in [2.45, 2.75) is 88.9 Å². The fourth-order valence-electron chi connectivity index (χ4n) is 5.02. The van der Waals surface area contributed by atoms with Gasteiger partial charge in [-0.2, -0.15) is 0 Å². The number of nitrogens with one attached hydrogen (secondary N) is 1. The molecule has 1 aliphatic heterocycles. The molecule has 0 spiro atoms. The first-order valence-corrected chi connectivity index (χ1v) is 12.3. The number of hydrogen-bond acceptors (Lipinski definition) is 5. The molecule has 0 unspecified atom stereocenters. The molecule has 1 aliphatic carbocycles. The van der Waals surface area contributed by atoms with E-state index >= 15 is 0 Å². The van der Waals surface area contributed by atoms with Gasteiger partial charge in [-0.3, -0.25) is 0 Å². The van der Waals surface area contributed by atoms with E-state index in [0.29, 0.717) is 6.42 Å². The van der Waals surface area contributed by atoms with E-state index in [1.54, 1.807) is 0 Å². The number of aliphatic hydroxyl groups excluding tert-OH is 3. The van der Waals surface area contributed by atoms with Crippen LogP contribution in [-0.2, 0) is 6.42 Å². The summed E-state index contributed by atoms with van der Waals surface area (Å²) in [6.07, 6.45) is 11.8. The summed E-state index contributed by atoms with van der Waals surface area (Å²) < 4.78 is 6.36. The average Bonchev–Trinajstić information content (AvgIpc) is 3.27. The molecule has 1 saturated carbocycles. The lowest BCUT2D eigenvalue weighted by atomic mass is 9.86. The van der Waals surface area contributed by atoms with Crippen molar-refractivity contribution in [2.75, 3.05) is 19.7 Å². The van der Waals surface area contributed by atoms with Crippen LogP contribution in [0.2, 0.25) is 0 Å². The molecular formula is C26H41NO4. The molecule has 1 fully saturated rings. The number of ether oxygens (including phenoxy) is 1. The molecule has 4 N–H and O–H groups in total. The van der Waals surface area contributed by atoms with Gasteiger partial charge in [0.1, 0.15) is 11.9 Å². The van der Waals surface area contributed by atoms with Crippen LogP contribution in [0.1, 0.15) is 75.3 Å². The van der Waals surface area contributed by atoms with E-state index in [9.17, 15) is 10.2 Å². The standard InChI is InChI=1S/C26H41NO4/c1-2-3-4-11-20(29)13-14-21-23(30)18-24-25(21)22-12-7-10-19(26(22)31-24)9-5-6-15-27-16-8-17-28/h7,10,12-14,20-21,23-25,27-30H,2-6,8-9,11,15-18H2,1H3/b14-13+/t20-,21-,23+,24-,25-/m0/s1. The summed E-state index contributed by atoms with van der Waals surface area (Å²) in [5.74, 6) is 1.20. The second kappa shape index (κ2) is 12.6. The maximum absolute atomic E-state index is 10.6. The third-order valence-corrected chi connectivity index (χ3v) is 6.71. The molecule has 174 valence electrons. The number of aryl methyl sites for hydroxylation is 1. The molecule has 1 heterocycles. The van der Waals surface area contributed by atoms with Gasteiger partial charge in [0.15, 0.2) is 0 Å². The number of fused-ring (bicyclic) bond motifs is 3. The second-order valence-electron chi connectivity index (χ2n) is 9.13. The zero-order chi connectivity index (χ0) is 22.1. The Balaban J connectivity index is 1.58. The fraction of sp³-hybridized carbons (Fsp3) is 0.692. The largest absolute Gasteiger partial charge is 0.489 e. The molecule has 5 atom stereocenters. The number of rotatable bonds is 14. The zero-order valence-electron chi connectivity index (χ0n) is 19.0. The minimum Gasteiger partial charge on any atom is -0.489 e. The highest BCUT2D eigenvalue weighted by atomic mass is 16.5. The molecule has 0 amide bonds. The Kier molecular flexibility index (Phi) is 9.85. The first-order valence-electron chi connectivity index (χ1n) is 12.3. The van der Waals surface area contributed by atoms with E-state index in [-0.39, 0.29) is 24.5 Å². The number of benzene rings is 1. The van der Waals surface area contributed by atoms with E-state index in [2.05, 4.69) is 30.4 Å². The van der Waals surface area contributed by atoms with Crippen LogP contribution >= 0.6 is 0 Å². The normalized spacial score (nSPS) is 25.5. The van der Waals surface area contributed by atoms with Gasteiger partial charge in [-0.25, -0.2) is 0 Å². The SMILES string of the molecule is CCCCC[C@H](O)/C=C/[C@@H]1[C@H]2c3cccc(CCCCNCCCO)c3O[C@H]2C[C@H]1O. The lowest BCUT2D eigenvalue weighted by Gasteiger charge is -2.18. The molecule has 31 heavy (non-hydrogen) atoms. The van der Waals surface area contributed by atoms with Crippen molar-refractivity contribution in [3.8, 4) is 5.75 Å². The molecule has 1 aromatic carbocycles. The molecule has 3 rings (SSSR count). The Morgan fingerprint density at radius 1 is 1.16 bits per heavy atom. The van der Waals surface area contributed by atoms with Gasteiger partial charge >= 0.3 is 0 Å². The lowest BCUT2D eigenvalue weighted by molar-refractivity contribution is 0.135. The quantitative estimate of drug-likeness (QED) is 0.267. The van der Waals surface area contributed by atoms with Crippen LogP contribution < -0.4 is 10.1 Å². The Morgan fingerprint density at radius 3 is 2.81 bits per heavy atom. The second-order valence-corrected chi connectivity index (χ2v) is 9.13. The minimum atomic E-state index is -0.433. The van der Waals surface area contributed by atoms with Gasteiger partial charge in [0.25, 0.3) is 0 Å². The highest BCUT2D eigenvalue weighted by Gasteiger charge is 2.48. The topological polar surface area (TPSA) is 82.0 Å². The van der Waals surface area contributed by atoms with Crippen LogP contribution in [0.4, 0.5) is 0 Å². The van der Waals surface area contributed by atoms with E-state index in [4.69, 9.17) is 9.84 Å². The van der Waals surface area contributed by atoms with Crippen LogP contribution in [0.3, 0.4) is 0 Å². The molecule has 0 aromatic heterocycles. The summed E-state index contributed by atoms with van der Waals surface area (Å²) in [6, 6.07) is 6.43. The Hall–Kier alpha value is -1.40. The minimum absolute atomic E-state index is 0.00181. The smallest absolute Gasteiger partial charge is 0.126 e. The molecule has 0 radical (unpaired) electrons. The molecule has 2 aliphatic rings. The van der Waals surface area contributed by atoms with E-state index < -0.39 is 12.2 Å². The maximum atomic E-state index is 10.6. The molecule has 0 bridgehead atoms. The predicted molar refractivity (Wildman–Crippen MR) is 125 cm³/mol. The van der Waals surface area contributed by atoms with Crippen LogP contribution in [0.25, 0.3) is 0 Å². The molecule has 5 nitrogen and oxygen atoms in total. The van der Waals surface area contributed by atoms with Crippen molar-refractivity contribution in [2.24, 2.45) is 5.92 Å². The molecule has 5 heteroatoms. The molecular weight excluding hydrogens is 390 g/mol. The predicted octanol–water partition coefficient (Wildman–Crippen LogP) is 3.70. The van der Waals surface area contributed by atoms with Gasteiger partial charge in [0.05, 0.1) is 12.2 Å². The third kappa shape index (κ3) is 6.55. The van der Waals surface area contributed by atoms with Crippen molar-refractivity contribution in [3.63, 3.8) is 0 Å². The van der Waals surface area contributed by atoms with Crippen LogP contribution in [0.15, 0.2) is 30.4 Å². The lowest BCUT2D eigenvalue weighted by Crippen LogP contribution is -2.17. The maximum Gasteiger partial charge on any atom is 0.126 e. The van der Waals surface area contributed by atoms with Crippen LogP contribution in [0, 0.1) is 5.92 Å². The van der Waals surface area contributed by atoms with Crippen LogP contribution in [0.5, 0.6) is 5.75 Å². The van der Waals surface area contributed by atoms with Crippen LogP contribution in [-0.4, -0.2) is 53.3 Å². The molecule has 0 saturated heterocycles. The van der Waals surface area contributed by atoms with Crippen molar-refractivity contribution in [1.82, 2.24) is 5.32 Å². The Labute approximate surface area is 187 Å².